The second-order valence-electron chi connectivity index (χ2n) is 7.19. The van der Waals surface area contributed by atoms with E-state index in [1.165, 1.54) is 11.3 Å². The zero-order valence-electron chi connectivity index (χ0n) is 16.8. The molecule has 0 radical (unpaired) electrons. The molecule has 150 valence electrons. The van der Waals surface area contributed by atoms with Gasteiger partial charge in [0, 0.05) is 31.5 Å². The number of aliphatic hydroxyl groups is 1. The van der Waals surface area contributed by atoms with Crippen LogP contribution in [0.3, 0.4) is 0 Å². The predicted molar refractivity (Wildman–Crippen MR) is 103 cm³/mol. The Labute approximate surface area is 160 Å². The van der Waals surface area contributed by atoms with Crippen molar-refractivity contribution in [2.45, 2.75) is 66.0 Å². The summed E-state index contributed by atoms with van der Waals surface area (Å²) in [7, 11) is 1.74. The number of carboxylic acid groups (broad SMARTS) is 1. The molecule has 1 aromatic rings. The van der Waals surface area contributed by atoms with Gasteiger partial charge in [-0.05, 0) is 40.0 Å². The zero-order chi connectivity index (χ0) is 20.5. The number of thiazole rings is 1. The molecule has 1 rings (SSSR count). The first kappa shape index (κ1) is 24.3. The number of hydrogen-bond donors (Lipinski definition) is 2. The van der Waals surface area contributed by atoms with E-state index in [2.05, 4.69) is 18.8 Å². The Hall–Kier alpha value is -1.67. The molecule has 0 aliphatic heterocycles. The molecule has 0 aliphatic rings. The maximum Gasteiger partial charge on any atom is 0.410 e. The minimum atomic E-state index is -1.02. The molecule has 2 N–H and O–H groups in total. The van der Waals surface area contributed by atoms with Gasteiger partial charge in [-0.3, -0.25) is 0 Å². The summed E-state index contributed by atoms with van der Waals surface area (Å²) < 4.78 is 5.41. The fourth-order valence-corrected chi connectivity index (χ4v) is 3.03. The van der Waals surface area contributed by atoms with Crippen molar-refractivity contribution in [2.24, 2.45) is 5.92 Å². The van der Waals surface area contributed by atoms with Crippen LogP contribution in [-0.2, 0) is 11.2 Å². The van der Waals surface area contributed by atoms with Crippen LogP contribution < -0.4 is 0 Å². The maximum atomic E-state index is 12.2. The van der Waals surface area contributed by atoms with E-state index < -0.39 is 11.6 Å². The van der Waals surface area contributed by atoms with Gasteiger partial charge in [-0.1, -0.05) is 13.8 Å². The van der Waals surface area contributed by atoms with E-state index in [9.17, 15) is 9.59 Å². The van der Waals surface area contributed by atoms with Crippen molar-refractivity contribution in [1.29, 1.82) is 0 Å². The first-order valence-electron chi connectivity index (χ1n) is 8.67. The highest BCUT2D eigenvalue weighted by molar-refractivity contribution is 7.09. The molecular formula is C18H32N2O5S. The molecule has 26 heavy (non-hydrogen) atoms. The minimum absolute atomic E-state index is 0.00188. The van der Waals surface area contributed by atoms with Crippen molar-refractivity contribution in [2.75, 3.05) is 13.7 Å². The van der Waals surface area contributed by atoms with E-state index in [0.717, 1.165) is 5.01 Å². The van der Waals surface area contributed by atoms with Crippen molar-refractivity contribution in [3.05, 3.63) is 16.1 Å². The highest BCUT2D eigenvalue weighted by Gasteiger charge is 2.27. The number of ether oxygens (including phenoxy) is 1. The number of carboxylic acids is 1. The van der Waals surface area contributed by atoms with Gasteiger partial charge in [-0.25, -0.2) is 14.6 Å². The van der Waals surface area contributed by atoms with E-state index in [4.69, 9.17) is 14.9 Å². The highest BCUT2D eigenvalue weighted by atomic mass is 32.1. The molecule has 0 fully saturated rings. The Morgan fingerprint density at radius 1 is 1.35 bits per heavy atom. The summed E-state index contributed by atoms with van der Waals surface area (Å²) in [4.78, 5) is 28.8. The van der Waals surface area contributed by atoms with E-state index >= 15 is 0 Å². The largest absolute Gasteiger partial charge is 0.476 e. The summed E-state index contributed by atoms with van der Waals surface area (Å²) in [5.41, 5.74) is -0.454. The summed E-state index contributed by atoms with van der Waals surface area (Å²) in [5.74, 6) is -0.759. The molecule has 7 nitrogen and oxygen atoms in total. The molecule has 1 heterocycles. The van der Waals surface area contributed by atoms with Gasteiger partial charge in [0.15, 0.2) is 5.69 Å². The van der Waals surface area contributed by atoms with Crippen LogP contribution in [0.15, 0.2) is 5.38 Å². The van der Waals surface area contributed by atoms with E-state index in [-0.39, 0.29) is 30.4 Å². The third-order valence-electron chi connectivity index (χ3n) is 3.37. The summed E-state index contributed by atoms with van der Waals surface area (Å²) in [6.45, 7) is 11.6. The summed E-state index contributed by atoms with van der Waals surface area (Å²) in [6.07, 6.45) is 0.995. The number of carbonyl (C=O) groups excluding carboxylic acids is 1. The van der Waals surface area contributed by atoms with Crippen molar-refractivity contribution in [3.8, 4) is 0 Å². The molecule has 0 bridgehead atoms. The van der Waals surface area contributed by atoms with E-state index in [0.29, 0.717) is 12.8 Å². The average molecular weight is 389 g/mol. The third-order valence-corrected chi connectivity index (χ3v) is 4.28. The number of hydrogen-bond acceptors (Lipinski definition) is 6. The molecule has 1 unspecified atom stereocenters. The van der Waals surface area contributed by atoms with Gasteiger partial charge in [0.1, 0.15) is 5.60 Å². The lowest BCUT2D eigenvalue weighted by Gasteiger charge is -2.33. The lowest BCUT2D eigenvalue weighted by molar-refractivity contribution is 0.0170. The Morgan fingerprint density at radius 2 is 1.88 bits per heavy atom. The molecule has 1 atom stereocenters. The Morgan fingerprint density at radius 3 is 2.27 bits per heavy atom. The van der Waals surface area contributed by atoms with Gasteiger partial charge in [-0.15, -0.1) is 11.3 Å². The van der Waals surface area contributed by atoms with Gasteiger partial charge < -0.3 is 19.8 Å². The van der Waals surface area contributed by atoms with Crippen molar-refractivity contribution < 1.29 is 24.5 Å². The number of carbonyl (C=O) groups is 2. The van der Waals surface area contributed by atoms with Gasteiger partial charge in [-0.2, -0.15) is 0 Å². The van der Waals surface area contributed by atoms with Crippen LogP contribution in [-0.4, -0.2) is 57.5 Å². The zero-order valence-corrected chi connectivity index (χ0v) is 17.6. The fourth-order valence-electron chi connectivity index (χ4n) is 2.24. The molecule has 0 aliphatic carbocycles. The van der Waals surface area contributed by atoms with Crippen molar-refractivity contribution in [1.82, 2.24) is 9.88 Å². The molecule has 1 aromatic heterocycles. The van der Waals surface area contributed by atoms with Gasteiger partial charge >= 0.3 is 12.1 Å². The summed E-state index contributed by atoms with van der Waals surface area (Å²) in [5, 5.41) is 18.8. The third kappa shape index (κ3) is 9.15. The second kappa shape index (κ2) is 11.1. The SMILES string of the molecule is CC(C)C(CCc1nc(C(=O)O)cs1)N(C)C(=O)OC(C)(C)C.CCO. The molecule has 0 saturated carbocycles. The number of aliphatic hydroxyl groups excluding tert-OH is 1. The van der Waals surface area contributed by atoms with Gasteiger partial charge in [0.05, 0.1) is 5.01 Å². The van der Waals surface area contributed by atoms with Gasteiger partial charge in [0.2, 0.25) is 0 Å². The second-order valence-corrected chi connectivity index (χ2v) is 8.13. The van der Waals surface area contributed by atoms with E-state index in [1.807, 2.05) is 20.8 Å². The fraction of sp³-hybridized carbons (Fsp3) is 0.722. The first-order valence-corrected chi connectivity index (χ1v) is 9.55. The van der Waals surface area contributed by atoms with Crippen LogP contribution in [0.5, 0.6) is 0 Å². The molecule has 1 amide bonds. The van der Waals surface area contributed by atoms with Crippen molar-refractivity contribution >= 4 is 23.4 Å². The molecule has 0 aromatic carbocycles. The topological polar surface area (TPSA) is 100.0 Å². The average Bonchev–Trinajstić information content (AvgIpc) is 2.95. The number of aryl methyl sites for hydroxylation is 1. The molecule has 8 heteroatoms. The Kier molecular flexibility index (Phi) is 10.4. The highest BCUT2D eigenvalue weighted by Crippen LogP contribution is 2.20. The lowest BCUT2D eigenvalue weighted by atomic mass is 9.98. The number of amides is 1. The first-order chi connectivity index (χ1) is 11.9. The number of rotatable bonds is 6. The minimum Gasteiger partial charge on any atom is -0.476 e. The van der Waals surface area contributed by atoms with Crippen LogP contribution in [0.1, 0.15) is 63.5 Å². The normalized spacial score (nSPS) is 12.2. The summed E-state index contributed by atoms with van der Waals surface area (Å²) >= 11 is 1.34. The van der Waals surface area contributed by atoms with E-state index in [1.54, 1.807) is 24.3 Å². The van der Waals surface area contributed by atoms with Crippen molar-refractivity contribution in [3.63, 3.8) is 0 Å². The molecular weight excluding hydrogens is 356 g/mol. The quantitative estimate of drug-likeness (QED) is 0.771. The number of aromatic carboxylic acids is 1. The summed E-state index contributed by atoms with van der Waals surface area (Å²) in [6, 6.07) is 0.00188. The number of nitrogens with zero attached hydrogens (tertiary/aromatic N) is 2. The number of aromatic nitrogens is 1. The lowest BCUT2D eigenvalue weighted by Crippen LogP contribution is -2.43. The predicted octanol–water partition coefficient (Wildman–Crippen LogP) is 3.66. The Bertz CT molecular complexity index is 566. The van der Waals surface area contributed by atoms with Gasteiger partial charge in [0.25, 0.3) is 0 Å². The van der Waals surface area contributed by atoms with Crippen LogP contribution in [0.25, 0.3) is 0 Å². The van der Waals surface area contributed by atoms with Crippen LogP contribution in [0, 0.1) is 5.92 Å². The maximum absolute atomic E-state index is 12.2. The smallest absolute Gasteiger partial charge is 0.410 e. The van der Waals surface area contributed by atoms with Crippen LogP contribution >= 0.6 is 11.3 Å². The Balaban J connectivity index is 0.00000194. The molecule has 0 saturated heterocycles. The monoisotopic (exact) mass is 388 g/mol. The molecule has 0 spiro atoms. The van der Waals surface area contributed by atoms with Crippen LogP contribution in [0.2, 0.25) is 0 Å². The van der Waals surface area contributed by atoms with Crippen LogP contribution in [0.4, 0.5) is 4.79 Å². The standard InChI is InChI=1S/C16H26N2O4S.C2H6O/c1-10(2)12(18(6)15(21)22-16(3,4)5)7-8-13-17-11(9-23-13)14(19)20;1-2-3/h9-10,12H,7-8H2,1-6H3,(H,19,20);3H,2H2,1H3.